The molecule has 1 nitrogen and oxygen atoms in total. The fourth-order valence-electron chi connectivity index (χ4n) is 3.20. The maximum absolute atomic E-state index is 12.0. The summed E-state index contributed by atoms with van der Waals surface area (Å²) in [4.78, 5) is 12.0. The zero-order valence-electron chi connectivity index (χ0n) is 12.7. The minimum atomic E-state index is -0.525. The van der Waals surface area contributed by atoms with Crippen LogP contribution in [-0.4, -0.2) is 5.12 Å². The highest BCUT2D eigenvalue weighted by molar-refractivity contribution is 7.96. The van der Waals surface area contributed by atoms with Gasteiger partial charge in [0.2, 0.25) is 0 Å². The van der Waals surface area contributed by atoms with Gasteiger partial charge in [-0.15, -0.1) is 12.6 Å². The molecule has 3 rings (SSSR count). The molecular weight excluding hydrogens is 300 g/mol. The van der Waals surface area contributed by atoms with Crippen molar-refractivity contribution in [2.45, 2.75) is 11.8 Å². The van der Waals surface area contributed by atoms with E-state index in [1.165, 1.54) is 0 Å². The van der Waals surface area contributed by atoms with Crippen LogP contribution in [0.1, 0.15) is 23.1 Å². The van der Waals surface area contributed by atoms with E-state index in [0.717, 1.165) is 16.7 Å². The lowest BCUT2D eigenvalue weighted by Crippen LogP contribution is -2.31. The van der Waals surface area contributed by atoms with Gasteiger partial charge in [0.15, 0.2) is 5.12 Å². The summed E-state index contributed by atoms with van der Waals surface area (Å²) in [5.41, 5.74) is 2.77. The molecule has 0 fully saturated rings. The first-order valence-electron chi connectivity index (χ1n) is 7.62. The van der Waals surface area contributed by atoms with Crippen molar-refractivity contribution in [1.29, 1.82) is 0 Å². The summed E-state index contributed by atoms with van der Waals surface area (Å²) in [6, 6.07) is 30.5. The van der Waals surface area contributed by atoms with Crippen molar-refractivity contribution in [2.24, 2.45) is 0 Å². The van der Waals surface area contributed by atoms with Crippen LogP contribution >= 0.6 is 12.6 Å². The molecule has 0 unspecified atom stereocenters. The highest BCUT2D eigenvalue weighted by Gasteiger charge is 2.37. The summed E-state index contributed by atoms with van der Waals surface area (Å²) in [6.07, 6.45) is 0.314. The van der Waals surface area contributed by atoms with Crippen molar-refractivity contribution in [2.75, 3.05) is 0 Å². The summed E-state index contributed by atoms with van der Waals surface area (Å²) in [7, 11) is 0. The predicted molar refractivity (Wildman–Crippen MR) is 97.8 cm³/mol. The number of hydrogen-bond acceptors (Lipinski definition) is 1. The van der Waals surface area contributed by atoms with Crippen LogP contribution in [0.15, 0.2) is 91.0 Å². The maximum atomic E-state index is 12.0. The Morgan fingerprint density at radius 1 is 0.652 bits per heavy atom. The SMILES string of the molecule is O=C(S)CC(c1ccccc1)(c1ccccc1)c1ccccc1. The fourth-order valence-corrected chi connectivity index (χ4v) is 3.44. The smallest absolute Gasteiger partial charge is 0.187 e. The van der Waals surface area contributed by atoms with Gasteiger partial charge in [0.25, 0.3) is 0 Å². The normalized spacial score (nSPS) is 11.2. The van der Waals surface area contributed by atoms with Crippen LogP contribution in [0.25, 0.3) is 0 Å². The van der Waals surface area contributed by atoms with E-state index in [4.69, 9.17) is 0 Å². The summed E-state index contributed by atoms with van der Waals surface area (Å²) in [5, 5.41) is -0.124. The van der Waals surface area contributed by atoms with Gasteiger partial charge in [-0.25, -0.2) is 0 Å². The van der Waals surface area contributed by atoms with Crippen LogP contribution in [0.3, 0.4) is 0 Å². The standard InChI is InChI=1S/C21H18OS/c22-20(23)16-21(17-10-4-1-5-11-17,18-12-6-2-7-13-18)19-14-8-3-9-15-19/h1-15H,16H2,(H,22,23). The summed E-state index contributed by atoms with van der Waals surface area (Å²) in [5.74, 6) is 0. The number of benzene rings is 3. The van der Waals surface area contributed by atoms with Crippen molar-refractivity contribution in [1.82, 2.24) is 0 Å². The third-order valence-electron chi connectivity index (χ3n) is 4.22. The Bertz CT molecular complexity index is 670. The monoisotopic (exact) mass is 318 g/mol. The van der Waals surface area contributed by atoms with Gasteiger partial charge in [0.1, 0.15) is 0 Å². The van der Waals surface area contributed by atoms with E-state index < -0.39 is 5.41 Å². The van der Waals surface area contributed by atoms with Crippen LogP contribution in [0.4, 0.5) is 0 Å². The molecule has 0 amide bonds. The van der Waals surface area contributed by atoms with E-state index >= 15 is 0 Å². The molecule has 2 heteroatoms. The van der Waals surface area contributed by atoms with Gasteiger partial charge in [-0.1, -0.05) is 91.0 Å². The lowest BCUT2D eigenvalue weighted by Gasteiger charge is -2.35. The Kier molecular flexibility index (Phi) is 4.63. The zero-order valence-corrected chi connectivity index (χ0v) is 13.6. The van der Waals surface area contributed by atoms with E-state index in [-0.39, 0.29) is 5.12 Å². The van der Waals surface area contributed by atoms with Crippen molar-refractivity contribution < 1.29 is 4.79 Å². The van der Waals surface area contributed by atoms with E-state index in [1.54, 1.807) is 0 Å². The number of hydrogen-bond donors (Lipinski definition) is 1. The highest BCUT2D eigenvalue weighted by Crippen LogP contribution is 2.42. The van der Waals surface area contributed by atoms with Crippen LogP contribution in [-0.2, 0) is 10.2 Å². The van der Waals surface area contributed by atoms with Crippen LogP contribution in [0.5, 0.6) is 0 Å². The minimum absolute atomic E-state index is 0.124. The number of carbonyl (C=O) groups excluding carboxylic acids is 1. The lowest BCUT2D eigenvalue weighted by molar-refractivity contribution is -0.111. The van der Waals surface area contributed by atoms with Gasteiger partial charge < -0.3 is 0 Å². The van der Waals surface area contributed by atoms with Crippen LogP contribution < -0.4 is 0 Å². The largest absolute Gasteiger partial charge is 0.287 e. The molecule has 0 N–H and O–H groups in total. The molecular formula is C21H18OS. The highest BCUT2D eigenvalue weighted by atomic mass is 32.1. The van der Waals surface area contributed by atoms with Crippen molar-refractivity contribution >= 4 is 17.7 Å². The van der Waals surface area contributed by atoms with Gasteiger partial charge in [0.05, 0.1) is 5.41 Å². The third-order valence-corrected chi connectivity index (χ3v) is 4.37. The quantitative estimate of drug-likeness (QED) is 0.525. The first-order valence-corrected chi connectivity index (χ1v) is 8.06. The zero-order chi connectivity index (χ0) is 16.1. The Labute approximate surface area is 142 Å². The fraction of sp³-hybridized carbons (Fsp3) is 0.0952. The summed E-state index contributed by atoms with van der Waals surface area (Å²) < 4.78 is 0. The topological polar surface area (TPSA) is 17.1 Å². The third kappa shape index (κ3) is 3.08. The van der Waals surface area contributed by atoms with Crippen molar-refractivity contribution in [3.05, 3.63) is 108 Å². The Morgan fingerprint density at radius 3 is 1.22 bits per heavy atom. The summed E-state index contributed by atoms with van der Waals surface area (Å²) >= 11 is 4.10. The predicted octanol–water partition coefficient (Wildman–Crippen LogP) is 4.87. The van der Waals surface area contributed by atoms with E-state index in [9.17, 15) is 4.79 Å². The second-order valence-electron chi connectivity index (χ2n) is 5.57. The molecule has 114 valence electrons. The van der Waals surface area contributed by atoms with Gasteiger partial charge in [-0.2, -0.15) is 0 Å². The van der Waals surface area contributed by atoms with Gasteiger partial charge in [-0.05, 0) is 16.7 Å². The van der Waals surface area contributed by atoms with Gasteiger partial charge >= 0.3 is 0 Å². The number of rotatable bonds is 5. The van der Waals surface area contributed by atoms with Crippen molar-refractivity contribution in [3.8, 4) is 0 Å². The molecule has 0 aromatic heterocycles. The second kappa shape index (κ2) is 6.84. The molecule has 0 aliphatic carbocycles. The van der Waals surface area contributed by atoms with E-state index in [2.05, 4.69) is 49.0 Å². The average Bonchev–Trinajstić information content (AvgIpc) is 2.62. The maximum Gasteiger partial charge on any atom is 0.187 e. The second-order valence-corrected chi connectivity index (χ2v) is 6.07. The molecule has 0 saturated heterocycles. The summed E-state index contributed by atoms with van der Waals surface area (Å²) in [6.45, 7) is 0. The molecule has 0 aliphatic heterocycles. The lowest BCUT2D eigenvalue weighted by atomic mass is 9.67. The molecule has 0 aliphatic rings. The number of carbonyl (C=O) groups is 1. The Hall–Kier alpha value is -2.32. The first-order chi connectivity index (χ1) is 11.2. The van der Waals surface area contributed by atoms with E-state index in [1.807, 2.05) is 54.6 Å². The van der Waals surface area contributed by atoms with E-state index in [0.29, 0.717) is 6.42 Å². The Balaban J connectivity index is 2.32. The molecule has 0 bridgehead atoms. The van der Waals surface area contributed by atoms with Crippen LogP contribution in [0.2, 0.25) is 0 Å². The van der Waals surface area contributed by atoms with Gasteiger partial charge in [-0.3, -0.25) is 4.79 Å². The minimum Gasteiger partial charge on any atom is -0.287 e. The molecule has 0 spiro atoms. The van der Waals surface area contributed by atoms with Gasteiger partial charge in [0, 0.05) is 6.42 Å². The number of thiol groups is 1. The molecule has 0 atom stereocenters. The molecule has 23 heavy (non-hydrogen) atoms. The first kappa shape index (κ1) is 15.6. The molecule has 0 saturated carbocycles. The molecule has 3 aromatic carbocycles. The molecule has 0 heterocycles. The van der Waals surface area contributed by atoms with Crippen LogP contribution in [0, 0.1) is 0 Å². The average molecular weight is 318 g/mol. The Morgan fingerprint density at radius 2 is 0.957 bits per heavy atom. The molecule has 3 aromatic rings. The molecule has 0 radical (unpaired) electrons. The van der Waals surface area contributed by atoms with Crippen molar-refractivity contribution in [3.63, 3.8) is 0 Å².